The van der Waals surface area contributed by atoms with E-state index >= 15 is 0 Å². The number of nitrogens with one attached hydrogen (secondary N) is 2. The molecule has 7 nitrogen and oxygen atoms in total. The highest BCUT2D eigenvalue weighted by molar-refractivity contribution is 6.30. The molecule has 3 aromatic rings. The SMILES string of the molecule is O=[N+]([O-])c1c(NCc2ccc(Cl)cc2)ncnc1Nc1ccccc1. The first-order valence-corrected chi connectivity index (χ1v) is 7.81. The molecule has 0 radical (unpaired) electrons. The van der Waals surface area contributed by atoms with Crippen LogP contribution in [0.5, 0.6) is 0 Å². The first kappa shape index (κ1) is 16.7. The van der Waals surface area contributed by atoms with Crippen LogP contribution < -0.4 is 10.6 Å². The summed E-state index contributed by atoms with van der Waals surface area (Å²) in [6.07, 6.45) is 1.28. The molecule has 0 fully saturated rings. The average molecular weight is 356 g/mol. The van der Waals surface area contributed by atoms with Crippen LogP contribution in [0.3, 0.4) is 0 Å². The Morgan fingerprint density at radius 3 is 2.36 bits per heavy atom. The molecule has 0 atom stereocenters. The van der Waals surface area contributed by atoms with Gasteiger partial charge in [0.25, 0.3) is 0 Å². The molecule has 0 aliphatic carbocycles. The van der Waals surface area contributed by atoms with E-state index in [9.17, 15) is 10.1 Å². The molecule has 0 bridgehead atoms. The Morgan fingerprint density at radius 1 is 1.00 bits per heavy atom. The van der Waals surface area contributed by atoms with Crippen molar-refractivity contribution in [2.75, 3.05) is 10.6 Å². The Hall–Kier alpha value is -3.19. The minimum Gasteiger partial charge on any atom is -0.360 e. The number of benzene rings is 2. The highest BCUT2D eigenvalue weighted by atomic mass is 35.5. The van der Waals surface area contributed by atoms with Crippen molar-refractivity contribution in [3.63, 3.8) is 0 Å². The molecule has 0 unspecified atom stereocenters. The molecule has 1 heterocycles. The second kappa shape index (κ2) is 7.59. The molecule has 0 spiro atoms. The molecule has 126 valence electrons. The number of halogens is 1. The summed E-state index contributed by atoms with van der Waals surface area (Å²) in [7, 11) is 0. The van der Waals surface area contributed by atoms with Crippen molar-refractivity contribution in [1.82, 2.24) is 9.97 Å². The number of nitro groups is 1. The van der Waals surface area contributed by atoms with Gasteiger partial charge in [-0.05, 0) is 29.8 Å². The number of nitrogens with zero attached hydrogens (tertiary/aromatic N) is 3. The van der Waals surface area contributed by atoms with Gasteiger partial charge < -0.3 is 10.6 Å². The highest BCUT2D eigenvalue weighted by Gasteiger charge is 2.22. The van der Waals surface area contributed by atoms with Crippen LogP contribution in [0.1, 0.15) is 5.56 Å². The summed E-state index contributed by atoms with van der Waals surface area (Å²) in [4.78, 5) is 19.0. The van der Waals surface area contributed by atoms with Gasteiger partial charge >= 0.3 is 5.69 Å². The monoisotopic (exact) mass is 355 g/mol. The molecule has 8 heteroatoms. The zero-order valence-electron chi connectivity index (χ0n) is 13.0. The van der Waals surface area contributed by atoms with Gasteiger partial charge in [-0.15, -0.1) is 0 Å². The van der Waals surface area contributed by atoms with Crippen LogP contribution in [-0.2, 0) is 6.54 Å². The van der Waals surface area contributed by atoms with E-state index < -0.39 is 4.92 Å². The fourth-order valence-corrected chi connectivity index (χ4v) is 2.34. The third kappa shape index (κ3) is 4.21. The van der Waals surface area contributed by atoms with E-state index in [-0.39, 0.29) is 17.3 Å². The predicted octanol–water partition coefficient (Wildman–Crippen LogP) is 4.39. The number of hydrogen-bond donors (Lipinski definition) is 2. The molecule has 0 saturated carbocycles. The first-order chi connectivity index (χ1) is 12.1. The van der Waals surface area contributed by atoms with E-state index in [1.165, 1.54) is 6.33 Å². The highest BCUT2D eigenvalue weighted by Crippen LogP contribution is 2.31. The van der Waals surface area contributed by atoms with Crippen LogP contribution >= 0.6 is 11.6 Å². The smallest absolute Gasteiger partial charge is 0.353 e. The summed E-state index contributed by atoms with van der Waals surface area (Å²) < 4.78 is 0. The van der Waals surface area contributed by atoms with Crippen LogP contribution in [0.25, 0.3) is 0 Å². The topological polar surface area (TPSA) is 93.0 Å². The van der Waals surface area contributed by atoms with E-state index in [0.29, 0.717) is 17.3 Å². The summed E-state index contributed by atoms with van der Waals surface area (Å²) >= 11 is 5.85. The van der Waals surface area contributed by atoms with Crippen LogP contribution in [0.15, 0.2) is 60.9 Å². The van der Waals surface area contributed by atoms with E-state index in [4.69, 9.17) is 11.6 Å². The predicted molar refractivity (Wildman–Crippen MR) is 97.2 cm³/mol. The van der Waals surface area contributed by atoms with E-state index in [1.54, 1.807) is 24.3 Å². The molecule has 3 rings (SSSR count). The summed E-state index contributed by atoms with van der Waals surface area (Å²) in [6, 6.07) is 16.3. The van der Waals surface area contributed by atoms with Gasteiger partial charge in [0.2, 0.25) is 11.6 Å². The van der Waals surface area contributed by atoms with Crippen molar-refractivity contribution < 1.29 is 4.92 Å². The van der Waals surface area contributed by atoms with E-state index in [2.05, 4.69) is 20.6 Å². The zero-order valence-corrected chi connectivity index (χ0v) is 13.8. The standard InChI is InChI=1S/C17H14ClN5O2/c18-13-8-6-12(7-9-13)10-19-16-15(23(24)25)17(21-11-20-16)22-14-4-2-1-3-5-14/h1-9,11H,10H2,(H2,19,20,21,22). The van der Waals surface area contributed by atoms with Gasteiger partial charge in [0.1, 0.15) is 6.33 Å². The maximum Gasteiger partial charge on any atom is 0.353 e. The van der Waals surface area contributed by atoms with Gasteiger partial charge in [0.05, 0.1) is 4.92 Å². The lowest BCUT2D eigenvalue weighted by atomic mass is 10.2. The van der Waals surface area contributed by atoms with Gasteiger partial charge in [-0.3, -0.25) is 10.1 Å². The molecule has 0 aliphatic rings. The molecule has 0 amide bonds. The average Bonchev–Trinajstić information content (AvgIpc) is 2.62. The van der Waals surface area contributed by atoms with Gasteiger partial charge in [-0.2, -0.15) is 0 Å². The second-order valence-electron chi connectivity index (χ2n) is 5.15. The number of aromatic nitrogens is 2. The lowest BCUT2D eigenvalue weighted by Gasteiger charge is -2.10. The summed E-state index contributed by atoms with van der Waals surface area (Å²) in [6.45, 7) is 0.375. The van der Waals surface area contributed by atoms with Crippen LogP contribution in [0.2, 0.25) is 5.02 Å². The third-order valence-corrected chi connectivity index (χ3v) is 3.67. The van der Waals surface area contributed by atoms with Crippen molar-refractivity contribution in [2.24, 2.45) is 0 Å². The Bertz CT molecular complexity index is 872. The van der Waals surface area contributed by atoms with Crippen LogP contribution in [-0.4, -0.2) is 14.9 Å². The molecular formula is C17H14ClN5O2. The van der Waals surface area contributed by atoms with E-state index in [0.717, 1.165) is 5.56 Å². The molecule has 2 aromatic carbocycles. The fraction of sp³-hybridized carbons (Fsp3) is 0.0588. The van der Waals surface area contributed by atoms with Gasteiger partial charge in [-0.25, -0.2) is 9.97 Å². The van der Waals surface area contributed by atoms with Crippen molar-refractivity contribution in [3.05, 3.63) is 81.6 Å². The first-order valence-electron chi connectivity index (χ1n) is 7.43. The molecule has 0 aliphatic heterocycles. The molecule has 1 aromatic heterocycles. The molecule has 2 N–H and O–H groups in total. The molecule has 0 saturated heterocycles. The fourth-order valence-electron chi connectivity index (χ4n) is 2.22. The minimum atomic E-state index is -0.504. The third-order valence-electron chi connectivity index (χ3n) is 3.41. The number of rotatable bonds is 6. The van der Waals surface area contributed by atoms with Gasteiger partial charge in [-0.1, -0.05) is 41.9 Å². The van der Waals surface area contributed by atoms with Crippen molar-refractivity contribution in [3.8, 4) is 0 Å². The quantitative estimate of drug-likeness (QED) is 0.503. The maximum atomic E-state index is 11.5. The number of anilines is 3. The maximum absolute atomic E-state index is 11.5. The Balaban J connectivity index is 1.84. The largest absolute Gasteiger partial charge is 0.360 e. The van der Waals surface area contributed by atoms with Gasteiger partial charge in [0.15, 0.2) is 0 Å². The van der Waals surface area contributed by atoms with Crippen molar-refractivity contribution in [2.45, 2.75) is 6.54 Å². The molecule has 25 heavy (non-hydrogen) atoms. The minimum absolute atomic E-state index is 0.129. The Morgan fingerprint density at radius 2 is 1.68 bits per heavy atom. The van der Waals surface area contributed by atoms with Crippen molar-refractivity contribution in [1.29, 1.82) is 0 Å². The molecular weight excluding hydrogens is 342 g/mol. The number of para-hydroxylation sites is 1. The summed E-state index contributed by atoms with van der Waals surface area (Å²) in [5.74, 6) is 0.276. The number of hydrogen-bond acceptors (Lipinski definition) is 6. The lowest BCUT2D eigenvalue weighted by Crippen LogP contribution is -2.08. The van der Waals surface area contributed by atoms with Crippen molar-refractivity contribution >= 4 is 34.6 Å². The zero-order chi connectivity index (χ0) is 17.6. The van der Waals surface area contributed by atoms with Crippen LogP contribution in [0, 0.1) is 10.1 Å². The van der Waals surface area contributed by atoms with E-state index in [1.807, 2.05) is 30.3 Å². The summed E-state index contributed by atoms with van der Waals surface area (Å²) in [5, 5.41) is 18.1. The Kier molecular flexibility index (Phi) is 5.06. The lowest BCUT2D eigenvalue weighted by molar-refractivity contribution is -0.383. The second-order valence-corrected chi connectivity index (χ2v) is 5.58. The normalized spacial score (nSPS) is 10.3. The summed E-state index contributed by atoms with van der Waals surface area (Å²) in [5.41, 5.74) is 1.42. The Labute approximate surface area is 148 Å². The van der Waals surface area contributed by atoms with Gasteiger partial charge in [0, 0.05) is 17.3 Å². The van der Waals surface area contributed by atoms with Crippen LogP contribution in [0.4, 0.5) is 23.0 Å².